The molecule has 1 aromatic carbocycles. The SMILES string of the molecule is Cc1ccsc1C(=O)NCc1nnc(SCCN2CCCC2)n1-c1cccc(C(F)(F)F)c1. The Morgan fingerprint density at radius 3 is 2.70 bits per heavy atom. The number of benzene rings is 1. The molecule has 3 aromatic rings. The third-order valence-corrected chi connectivity index (χ3v) is 7.37. The van der Waals surface area contributed by atoms with Crippen molar-refractivity contribution in [1.29, 1.82) is 0 Å². The molecule has 1 saturated heterocycles. The van der Waals surface area contributed by atoms with Crippen molar-refractivity contribution in [3.05, 3.63) is 57.5 Å². The second-order valence-electron chi connectivity index (χ2n) is 7.79. The lowest BCUT2D eigenvalue weighted by molar-refractivity contribution is -0.137. The van der Waals surface area contributed by atoms with E-state index in [2.05, 4.69) is 20.4 Å². The fourth-order valence-corrected chi connectivity index (χ4v) is 5.52. The summed E-state index contributed by atoms with van der Waals surface area (Å²) in [6.45, 7) is 4.92. The molecule has 4 rings (SSSR count). The van der Waals surface area contributed by atoms with Crippen LogP contribution in [0.4, 0.5) is 13.2 Å². The number of hydrogen-bond donors (Lipinski definition) is 1. The summed E-state index contributed by atoms with van der Waals surface area (Å²) in [6.07, 6.45) is -2.07. The van der Waals surface area contributed by atoms with E-state index in [1.54, 1.807) is 10.6 Å². The van der Waals surface area contributed by atoms with Crippen LogP contribution in [0, 0.1) is 6.92 Å². The monoisotopic (exact) mass is 495 g/mol. The van der Waals surface area contributed by atoms with Gasteiger partial charge in [-0.2, -0.15) is 13.2 Å². The molecule has 1 N–H and O–H groups in total. The fraction of sp³-hybridized carbons (Fsp3) is 0.409. The second kappa shape index (κ2) is 10.3. The molecule has 1 aliphatic heterocycles. The maximum atomic E-state index is 13.3. The number of likely N-dealkylation sites (tertiary alicyclic amines) is 1. The van der Waals surface area contributed by atoms with Gasteiger partial charge in [0.25, 0.3) is 5.91 Å². The normalized spacial score (nSPS) is 14.7. The number of halogens is 3. The first-order valence-electron chi connectivity index (χ1n) is 10.6. The molecule has 1 aliphatic rings. The first-order chi connectivity index (χ1) is 15.8. The molecular weight excluding hydrogens is 471 g/mol. The zero-order valence-electron chi connectivity index (χ0n) is 18.1. The maximum absolute atomic E-state index is 13.3. The molecule has 6 nitrogen and oxygen atoms in total. The molecule has 0 unspecified atom stereocenters. The largest absolute Gasteiger partial charge is 0.416 e. The number of nitrogens with zero attached hydrogens (tertiary/aromatic N) is 4. The van der Waals surface area contributed by atoms with Gasteiger partial charge in [-0.1, -0.05) is 17.8 Å². The number of amides is 1. The van der Waals surface area contributed by atoms with Gasteiger partial charge in [0, 0.05) is 12.3 Å². The quantitative estimate of drug-likeness (QED) is 0.456. The molecule has 0 saturated carbocycles. The van der Waals surface area contributed by atoms with Gasteiger partial charge in [0.1, 0.15) is 0 Å². The van der Waals surface area contributed by atoms with E-state index in [9.17, 15) is 18.0 Å². The average Bonchev–Trinajstić information content (AvgIpc) is 3.53. The molecule has 1 fully saturated rings. The summed E-state index contributed by atoms with van der Waals surface area (Å²) in [6, 6.07) is 6.95. The summed E-state index contributed by atoms with van der Waals surface area (Å²) in [5.74, 6) is 0.877. The first kappa shape index (κ1) is 23.8. The lowest BCUT2D eigenvalue weighted by atomic mass is 10.2. The van der Waals surface area contributed by atoms with E-state index >= 15 is 0 Å². The first-order valence-corrected chi connectivity index (χ1v) is 12.5. The van der Waals surface area contributed by atoms with E-state index in [0.717, 1.165) is 43.1 Å². The highest BCUT2D eigenvalue weighted by molar-refractivity contribution is 7.99. The Kier molecular flexibility index (Phi) is 7.40. The predicted octanol–water partition coefficient (Wildman–Crippen LogP) is 4.77. The number of hydrogen-bond acceptors (Lipinski definition) is 6. The number of carbonyl (C=O) groups excluding carboxylic acids is 1. The van der Waals surface area contributed by atoms with Crippen LogP contribution in [-0.4, -0.2) is 51.0 Å². The Morgan fingerprint density at radius 1 is 1.21 bits per heavy atom. The van der Waals surface area contributed by atoms with Crippen molar-refractivity contribution in [3.63, 3.8) is 0 Å². The van der Waals surface area contributed by atoms with E-state index in [4.69, 9.17) is 0 Å². The highest BCUT2D eigenvalue weighted by Crippen LogP contribution is 2.32. The number of rotatable bonds is 8. The zero-order valence-corrected chi connectivity index (χ0v) is 19.7. The average molecular weight is 496 g/mol. The lowest BCUT2D eigenvalue weighted by Gasteiger charge is -2.15. The van der Waals surface area contributed by atoms with Crippen molar-refractivity contribution in [1.82, 2.24) is 25.0 Å². The van der Waals surface area contributed by atoms with Crippen molar-refractivity contribution in [3.8, 4) is 5.69 Å². The van der Waals surface area contributed by atoms with Gasteiger partial charge in [-0.25, -0.2) is 0 Å². The van der Waals surface area contributed by atoms with Gasteiger partial charge < -0.3 is 10.2 Å². The van der Waals surface area contributed by atoms with E-state index in [-0.39, 0.29) is 12.5 Å². The van der Waals surface area contributed by atoms with Crippen LogP contribution in [0.15, 0.2) is 40.9 Å². The van der Waals surface area contributed by atoms with Crippen molar-refractivity contribution < 1.29 is 18.0 Å². The molecule has 0 atom stereocenters. The van der Waals surface area contributed by atoms with Gasteiger partial charge in [-0.05, 0) is 68.1 Å². The fourth-order valence-electron chi connectivity index (χ4n) is 3.71. The lowest BCUT2D eigenvalue weighted by Crippen LogP contribution is -2.24. The van der Waals surface area contributed by atoms with Crippen LogP contribution < -0.4 is 5.32 Å². The summed E-state index contributed by atoms with van der Waals surface area (Å²) in [5.41, 5.74) is 0.441. The van der Waals surface area contributed by atoms with Gasteiger partial charge in [0.15, 0.2) is 11.0 Å². The van der Waals surface area contributed by atoms with Crippen molar-refractivity contribution >= 4 is 29.0 Å². The molecule has 2 aromatic heterocycles. The molecule has 3 heterocycles. The van der Waals surface area contributed by atoms with E-state index in [1.807, 2.05) is 18.4 Å². The molecule has 11 heteroatoms. The van der Waals surface area contributed by atoms with Crippen LogP contribution in [0.25, 0.3) is 5.69 Å². The Labute approximate surface area is 198 Å². The summed E-state index contributed by atoms with van der Waals surface area (Å²) in [7, 11) is 0. The minimum Gasteiger partial charge on any atom is -0.344 e. The summed E-state index contributed by atoms with van der Waals surface area (Å²) < 4.78 is 41.6. The number of carbonyl (C=O) groups is 1. The molecule has 0 bridgehead atoms. The van der Waals surface area contributed by atoms with Crippen LogP contribution in [-0.2, 0) is 12.7 Å². The van der Waals surface area contributed by atoms with Crippen molar-refractivity contribution in [2.24, 2.45) is 0 Å². The third-order valence-electron chi connectivity index (χ3n) is 5.44. The highest BCUT2D eigenvalue weighted by atomic mass is 32.2. The van der Waals surface area contributed by atoms with E-state index in [0.29, 0.717) is 21.5 Å². The van der Waals surface area contributed by atoms with Crippen LogP contribution >= 0.6 is 23.1 Å². The molecular formula is C22H24F3N5OS2. The smallest absolute Gasteiger partial charge is 0.344 e. The molecule has 33 heavy (non-hydrogen) atoms. The molecule has 0 aliphatic carbocycles. The van der Waals surface area contributed by atoms with Gasteiger partial charge >= 0.3 is 6.18 Å². The van der Waals surface area contributed by atoms with Crippen LogP contribution in [0.5, 0.6) is 0 Å². The standard InChI is InChI=1S/C22H24F3N5OS2/c1-15-7-11-32-19(15)20(31)26-14-18-27-28-21(33-12-10-29-8-2-3-9-29)30(18)17-6-4-5-16(13-17)22(23,24)25/h4-7,11,13H,2-3,8-10,12,14H2,1H3,(H,26,31). The van der Waals surface area contributed by atoms with Crippen molar-refractivity contribution in [2.45, 2.75) is 37.6 Å². The van der Waals surface area contributed by atoms with Gasteiger partial charge in [-0.3, -0.25) is 9.36 Å². The molecule has 0 spiro atoms. The molecule has 0 radical (unpaired) electrons. The Bertz CT molecular complexity index is 1110. The predicted molar refractivity (Wildman–Crippen MR) is 123 cm³/mol. The maximum Gasteiger partial charge on any atom is 0.416 e. The minimum absolute atomic E-state index is 0.0477. The van der Waals surface area contributed by atoms with E-state index in [1.165, 1.54) is 42.0 Å². The Morgan fingerprint density at radius 2 is 2.00 bits per heavy atom. The summed E-state index contributed by atoms with van der Waals surface area (Å²) in [4.78, 5) is 15.5. The molecule has 1 amide bonds. The van der Waals surface area contributed by atoms with Crippen LogP contribution in [0.3, 0.4) is 0 Å². The number of aryl methyl sites for hydroxylation is 1. The third kappa shape index (κ3) is 5.77. The Hall–Kier alpha value is -2.37. The highest BCUT2D eigenvalue weighted by Gasteiger charge is 2.31. The minimum atomic E-state index is -4.46. The number of nitrogens with one attached hydrogen (secondary N) is 1. The number of thioether (sulfide) groups is 1. The van der Waals surface area contributed by atoms with Crippen LogP contribution in [0.1, 0.15) is 39.5 Å². The number of thiophene rings is 1. The second-order valence-corrected chi connectivity index (χ2v) is 9.77. The zero-order chi connectivity index (χ0) is 23.4. The van der Waals surface area contributed by atoms with E-state index < -0.39 is 11.7 Å². The van der Waals surface area contributed by atoms with Crippen LogP contribution in [0.2, 0.25) is 0 Å². The van der Waals surface area contributed by atoms with Gasteiger partial charge in [0.2, 0.25) is 0 Å². The van der Waals surface area contributed by atoms with Crippen molar-refractivity contribution in [2.75, 3.05) is 25.4 Å². The topological polar surface area (TPSA) is 63.1 Å². The number of aromatic nitrogens is 3. The summed E-state index contributed by atoms with van der Waals surface area (Å²) >= 11 is 2.79. The van der Waals surface area contributed by atoms with Gasteiger partial charge in [-0.15, -0.1) is 21.5 Å². The summed E-state index contributed by atoms with van der Waals surface area (Å²) in [5, 5.41) is 13.6. The Balaban J connectivity index is 1.57. The molecule has 176 valence electrons. The number of alkyl halides is 3. The van der Waals surface area contributed by atoms with Gasteiger partial charge in [0.05, 0.1) is 22.7 Å².